The molecule has 0 aliphatic carbocycles. The van der Waals surface area contributed by atoms with Gasteiger partial charge in [0.2, 0.25) is 5.28 Å². The smallest absolute Gasteiger partial charge is 0.222 e. The van der Waals surface area contributed by atoms with Gasteiger partial charge in [0.05, 0.1) is 17.1 Å². The van der Waals surface area contributed by atoms with E-state index in [0.29, 0.717) is 5.69 Å². The summed E-state index contributed by atoms with van der Waals surface area (Å²) < 4.78 is 0. The molecule has 2 N–H and O–H groups in total. The third kappa shape index (κ3) is 1.67. The van der Waals surface area contributed by atoms with Crippen molar-refractivity contribution in [1.82, 2.24) is 9.97 Å². The highest BCUT2D eigenvalue weighted by molar-refractivity contribution is 6.28. The van der Waals surface area contributed by atoms with E-state index in [0.717, 1.165) is 11.4 Å². The molecule has 0 amide bonds. The molecule has 0 aliphatic heterocycles. The summed E-state index contributed by atoms with van der Waals surface area (Å²) in [6.45, 7) is 5.87. The lowest BCUT2D eigenvalue weighted by Crippen LogP contribution is -2.04. The van der Waals surface area contributed by atoms with Gasteiger partial charge in [0, 0.05) is 0 Å². The summed E-state index contributed by atoms with van der Waals surface area (Å²) in [4.78, 5) is 8.01. The van der Waals surface area contributed by atoms with Crippen molar-refractivity contribution in [2.45, 2.75) is 26.7 Å². The topological polar surface area (TPSA) is 51.8 Å². The van der Waals surface area contributed by atoms with E-state index in [1.165, 1.54) is 0 Å². The van der Waals surface area contributed by atoms with E-state index in [4.69, 9.17) is 17.3 Å². The van der Waals surface area contributed by atoms with E-state index in [1.807, 2.05) is 20.8 Å². The van der Waals surface area contributed by atoms with Gasteiger partial charge < -0.3 is 5.73 Å². The van der Waals surface area contributed by atoms with Gasteiger partial charge in [0.1, 0.15) is 0 Å². The van der Waals surface area contributed by atoms with Crippen LogP contribution in [0.1, 0.15) is 31.2 Å². The molecule has 0 radical (unpaired) electrons. The summed E-state index contributed by atoms with van der Waals surface area (Å²) in [5, 5.41) is 0.269. The standard InChI is InChI=1S/C8H12ClN3/c1-4(2)7-6(10)5(3)11-8(9)12-7/h4H,10H2,1-3H3. The van der Waals surface area contributed by atoms with Crippen molar-refractivity contribution in [1.29, 1.82) is 0 Å². The van der Waals surface area contributed by atoms with Crippen LogP contribution in [0.4, 0.5) is 5.69 Å². The molecule has 0 saturated carbocycles. The largest absolute Gasteiger partial charge is 0.396 e. The van der Waals surface area contributed by atoms with E-state index < -0.39 is 0 Å². The highest BCUT2D eigenvalue weighted by atomic mass is 35.5. The third-order valence-corrected chi connectivity index (χ3v) is 1.85. The van der Waals surface area contributed by atoms with Gasteiger partial charge in [-0.05, 0) is 24.4 Å². The van der Waals surface area contributed by atoms with Gasteiger partial charge in [-0.3, -0.25) is 0 Å². The molecule has 4 heteroatoms. The summed E-state index contributed by atoms with van der Waals surface area (Å²) in [5.41, 5.74) is 7.99. The number of halogens is 1. The maximum Gasteiger partial charge on any atom is 0.222 e. The first-order valence-electron chi connectivity index (χ1n) is 3.82. The van der Waals surface area contributed by atoms with Crippen molar-refractivity contribution in [3.8, 4) is 0 Å². The molecule has 1 aromatic heterocycles. The van der Waals surface area contributed by atoms with Crippen molar-refractivity contribution in [3.05, 3.63) is 16.7 Å². The van der Waals surface area contributed by atoms with Crippen LogP contribution in [0.2, 0.25) is 5.28 Å². The van der Waals surface area contributed by atoms with Gasteiger partial charge >= 0.3 is 0 Å². The quantitative estimate of drug-likeness (QED) is 0.683. The number of rotatable bonds is 1. The first kappa shape index (κ1) is 9.26. The molecule has 0 aromatic carbocycles. The van der Waals surface area contributed by atoms with Gasteiger partial charge in [-0.2, -0.15) is 0 Å². The Bertz CT molecular complexity index is 297. The summed E-state index contributed by atoms with van der Waals surface area (Å²) in [6.07, 6.45) is 0. The average Bonchev–Trinajstić information content (AvgIpc) is 1.96. The predicted octanol–water partition coefficient (Wildman–Crippen LogP) is 2.14. The number of nitrogens with zero attached hydrogens (tertiary/aromatic N) is 2. The van der Waals surface area contributed by atoms with Crippen molar-refractivity contribution in [2.75, 3.05) is 5.73 Å². The molecule has 1 aromatic rings. The molecule has 0 spiro atoms. The first-order valence-corrected chi connectivity index (χ1v) is 4.19. The first-order chi connectivity index (χ1) is 5.52. The lowest BCUT2D eigenvalue weighted by molar-refractivity contribution is 0.814. The Labute approximate surface area is 77.0 Å². The Morgan fingerprint density at radius 3 is 2.42 bits per heavy atom. The lowest BCUT2D eigenvalue weighted by Gasteiger charge is -2.09. The van der Waals surface area contributed by atoms with Crippen LogP contribution in [0.5, 0.6) is 0 Å². The second-order valence-electron chi connectivity index (χ2n) is 3.03. The van der Waals surface area contributed by atoms with Gasteiger partial charge in [0.15, 0.2) is 0 Å². The number of hydrogen-bond acceptors (Lipinski definition) is 3. The van der Waals surface area contributed by atoms with E-state index >= 15 is 0 Å². The van der Waals surface area contributed by atoms with E-state index in [2.05, 4.69) is 9.97 Å². The number of nitrogens with two attached hydrogens (primary N) is 1. The summed E-state index contributed by atoms with van der Waals surface area (Å²) in [6, 6.07) is 0. The van der Waals surface area contributed by atoms with E-state index in [9.17, 15) is 0 Å². The second-order valence-corrected chi connectivity index (χ2v) is 3.37. The third-order valence-electron chi connectivity index (χ3n) is 1.69. The molecule has 0 aliphatic rings. The minimum atomic E-state index is 0.269. The van der Waals surface area contributed by atoms with Gasteiger partial charge in [-0.1, -0.05) is 13.8 Å². The van der Waals surface area contributed by atoms with E-state index in [-0.39, 0.29) is 11.2 Å². The Kier molecular flexibility index (Phi) is 2.52. The zero-order valence-electron chi connectivity index (χ0n) is 7.43. The molecule has 3 nitrogen and oxygen atoms in total. The summed E-state index contributed by atoms with van der Waals surface area (Å²) >= 11 is 5.69. The molecule has 12 heavy (non-hydrogen) atoms. The second kappa shape index (κ2) is 3.27. The molecular formula is C8H12ClN3. The highest BCUT2D eigenvalue weighted by Crippen LogP contribution is 2.22. The number of nitrogen functional groups attached to an aromatic ring is 1. The zero-order chi connectivity index (χ0) is 9.30. The Hall–Kier alpha value is -0.830. The summed E-state index contributed by atoms with van der Waals surface area (Å²) in [5.74, 6) is 0.282. The lowest BCUT2D eigenvalue weighted by atomic mass is 10.1. The highest BCUT2D eigenvalue weighted by Gasteiger charge is 2.10. The maximum atomic E-state index is 5.77. The van der Waals surface area contributed by atoms with Crippen LogP contribution in [0.15, 0.2) is 0 Å². The molecule has 0 unspecified atom stereocenters. The molecule has 0 saturated heterocycles. The van der Waals surface area contributed by atoms with Crippen LogP contribution in [0.25, 0.3) is 0 Å². The minimum Gasteiger partial charge on any atom is -0.396 e. The maximum absolute atomic E-state index is 5.77. The average molecular weight is 186 g/mol. The van der Waals surface area contributed by atoms with Crippen LogP contribution in [-0.4, -0.2) is 9.97 Å². The van der Waals surface area contributed by atoms with Crippen molar-refractivity contribution in [2.24, 2.45) is 0 Å². The fraction of sp³-hybridized carbons (Fsp3) is 0.500. The molecular weight excluding hydrogens is 174 g/mol. The SMILES string of the molecule is Cc1nc(Cl)nc(C(C)C)c1N. The number of aromatic nitrogens is 2. The van der Waals surface area contributed by atoms with Crippen molar-refractivity contribution < 1.29 is 0 Å². The van der Waals surface area contributed by atoms with Crippen LogP contribution in [-0.2, 0) is 0 Å². The van der Waals surface area contributed by atoms with Gasteiger partial charge in [-0.25, -0.2) is 9.97 Å². The number of anilines is 1. The number of aryl methyl sites for hydroxylation is 1. The normalized spacial score (nSPS) is 10.8. The fourth-order valence-corrected chi connectivity index (χ4v) is 1.23. The molecule has 0 bridgehead atoms. The Morgan fingerprint density at radius 1 is 1.33 bits per heavy atom. The molecule has 1 rings (SSSR count). The van der Waals surface area contributed by atoms with Crippen LogP contribution >= 0.6 is 11.6 Å². The molecule has 66 valence electrons. The monoisotopic (exact) mass is 185 g/mol. The van der Waals surface area contributed by atoms with Crippen molar-refractivity contribution >= 4 is 17.3 Å². The van der Waals surface area contributed by atoms with Gasteiger partial charge in [0.25, 0.3) is 0 Å². The summed E-state index contributed by atoms with van der Waals surface area (Å²) in [7, 11) is 0. The Balaban J connectivity index is 3.28. The zero-order valence-corrected chi connectivity index (χ0v) is 8.18. The van der Waals surface area contributed by atoms with Crippen LogP contribution < -0.4 is 5.73 Å². The molecule has 0 fully saturated rings. The van der Waals surface area contributed by atoms with Crippen molar-refractivity contribution in [3.63, 3.8) is 0 Å². The fourth-order valence-electron chi connectivity index (χ4n) is 1.01. The number of hydrogen-bond donors (Lipinski definition) is 1. The Morgan fingerprint density at radius 2 is 1.92 bits per heavy atom. The van der Waals surface area contributed by atoms with Crippen LogP contribution in [0, 0.1) is 6.92 Å². The van der Waals surface area contributed by atoms with Gasteiger partial charge in [-0.15, -0.1) is 0 Å². The molecule has 1 heterocycles. The van der Waals surface area contributed by atoms with Crippen LogP contribution in [0.3, 0.4) is 0 Å². The minimum absolute atomic E-state index is 0.269. The van der Waals surface area contributed by atoms with E-state index in [1.54, 1.807) is 0 Å². The predicted molar refractivity (Wildman–Crippen MR) is 50.3 cm³/mol. The molecule has 0 atom stereocenters.